The van der Waals surface area contributed by atoms with Crippen LogP contribution in [0.1, 0.15) is 40.5 Å². The lowest BCUT2D eigenvalue weighted by Gasteiger charge is -2.31. The van der Waals surface area contributed by atoms with Crippen molar-refractivity contribution < 1.29 is 19.1 Å². The van der Waals surface area contributed by atoms with Crippen LogP contribution in [0.15, 0.2) is 24.3 Å². The van der Waals surface area contributed by atoms with E-state index < -0.39 is 5.91 Å². The Bertz CT molecular complexity index is 825. The van der Waals surface area contributed by atoms with Crippen molar-refractivity contribution in [2.24, 2.45) is 5.73 Å². The fourth-order valence-corrected chi connectivity index (χ4v) is 3.39. The van der Waals surface area contributed by atoms with Crippen molar-refractivity contribution in [1.29, 1.82) is 0 Å². The zero-order valence-electron chi connectivity index (χ0n) is 15.5. The molecule has 2 aromatic rings. The minimum atomic E-state index is -0.542. The molecule has 1 aromatic heterocycles. The molecule has 0 aliphatic carbocycles. The van der Waals surface area contributed by atoms with Crippen LogP contribution >= 0.6 is 0 Å². The topological polar surface area (TPSA) is 111 Å². The Balaban J connectivity index is 1.57. The Kier molecular flexibility index (Phi) is 5.63. The van der Waals surface area contributed by atoms with E-state index in [1.165, 1.54) is 0 Å². The average molecular weight is 372 g/mol. The molecule has 0 radical (unpaired) electrons. The zero-order valence-corrected chi connectivity index (χ0v) is 15.5. The van der Waals surface area contributed by atoms with Gasteiger partial charge in [-0.3, -0.25) is 14.7 Å². The largest absolute Gasteiger partial charge is 0.493 e. The maximum absolute atomic E-state index is 12.6. The number of benzene rings is 1. The van der Waals surface area contributed by atoms with Crippen molar-refractivity contribution in [2.45, 2.75) is 25.2 Å². The molecule has 1 aliphatic rings. The van der Waals surface area contributed by atoms with E-state index in [1.54, 1.807) is 20.3 Å². The van der Waals surface area contributed by atoms with E-state index in [9.17, 15) is 9.59 Å². The maximum atomic E-state index is 12.6. The van der Waals surface area contributed by atoms with Crippen LogP contribution in [0.25, 0.3) is 0 Å². The van der Waals surface area contributed by atoms with E-state index in [2.05, 4.69) is 10.2 Å². The first kappa shape index (κ1) is 18.8. The van der Waals surface area contributed by atoms with Crippen LogP contribution in [-0.2, 0) is 11.2 Å². The summed E-state index contributed by atoms with van der Waals surface area (Å²) in [6, 6.07) is 7.22. The Morgan fingerprint density at radius 3 is 2.48 bits per heavy atom. The Labute approximate surface area is 157 Å². The van der Waals surface area contributed by atoms with Gasteiger partial charge < -0.3 is 20.1 Å². The Morgan fingerprint density at radius 1 is 1.19 bits per heavy atom. The minimum Gasteiger partial charge on any atom is -0.493 e. The summed E-state index contributed by atoms with van der Waals surface area (Å²) >= 11 is 0. The van der Waals surface area contributed by atoms with Gasteiger partial charge in [-0.2, -0.15) is 5.10 Å². The standard InChI is InChI=1S/C19H24N4O4/c1-26-16-4-3-12(9-17(16)27-2)10-18(24)23-7-5-13(6-8-23)14-11-15(19(20)25)22-21-14/h3-4,9,11,13H,5-8,10H2,1-2H3,(H2,20,25)(H,21,22). The van der Waals surface area contributed by atoms with Gasteiger partial charge in [0.2, 0.25) is 5.91 Å². The number of primary amides is 1. The average Bonchev–Trinajstić information content (AvgIpc) is 3.18. The molecule has 27 heavy (non-hydrogen) atoms. The fraction of sp³-hybridized carbons (Fsp3) is 0.421. The number of aromatic nitrogens is 2. The van der Waals surface area contributed by atoms with Crippen molar-refractivity contribution >= 4 is 11.8 Å². The number of nitrogens with two attached hydrogens (primary N) is 1. The summed E-state index contributed by atoms with van der Waals surface area (Å²) in [5.74, 6) is 1.05. The van der Waals surface area contributed by atoms with Crippen LogP contribution in [0.4, 0.5) is 0 Å². The molecule has 0 unspecified atom stereocenters. The number of aromatic amines is 1. The lowest BCUT2D eigenvalue weighted by molar-refractivity contribution is -0.131. The highest BCUT2D eigenvalue weighted by atomic mass is 16.5. The number of nitrogens with one attached hydrogen (secondary N) is 1. The van der Waals surface area contributed by atoms with Gasteiger partial charge >= 0.3 is 0 Å². The minimum absolute atomic E-state index is 0.0862. The number of amides is 2. The highest BCUT2D eigenvalue weighted by Gasteiger charge is 2.25. The third-order valence-corrected chi connectivity index (χ3v) is 4.94. The van der Waals surface area contributed by atoms with Gasteiger partial charge in [0.05, 0.1) is 20.6 Å². The summed E-state index contributed by atoms with van der Waals surface area (Å²) in [7, 11) is 3.16. The summed E-state index contributed by atoms with van der Waals surface area (Å²) in [4.78, 5) is 25.7. The molecule has 0 bridgehead atoms. The number of likely N-dealkylation sites (tertiary alicyclic amines) is 1. The third kappa shape index (κ3) is 4.21. The number of H-pyrrole nitrogens is 1. The number of hydrogen-bond acceptors (Lipinski definition) is 5. The second-order valence-corrected chi connectivity index (χ2v) is 6.59. The lowest BCUT2D eigenvalue weighted by Crippen LogP contribution is -2.38. The van der Waals surface area contributed by atoms with E-state index >= 15 is 0 Å². The predicted octanol–water partition coefficient (Wildman–Crippen LogP) is 1.47. The van der Waals surface area contributed by atoms with Gasteiger partial charge in [-0.15, -0.1) is 0 Å². The van der Waals surface area contributed by atoms with Crippen LogP contribution in [-0.4, -0.2) is 54.2 Å². The summed E-state index contributed by atoms with van der Waals surface area (Å²) in [5.41, 5.74) is 7.27. The highest BCUT2D eigenvalue weighted by Crippen LogP contribution is 2.29. The molecule has 8 nitrogen and oxygen atoms in total. The van der Waals surface area contributed by atoms with E-state index in [1.807, 2.05) is 23.1 Å². The van der Waals surface area contributed by atoms with E-state index in [0.717, 1.165) is 24.1 Å². The highest BCUT2D eigenvalue weighted by molar-refractivity contribution is 5.90. The molecule has 0 saturated carbocycles. The number of carbonyl (C=O) groups is 2. The lowest BCUT2D eigenvalue weighted by atomic mass is 9.93. The summed E-state index contributed by atoms with van der Waals surface area (Å²) in [5, 5.41) is 6.81. The molecule has 2 amide bonds. The number of methoxy groups -OCH3 is 2. The number of ether oxygens (including phenoxy) is 2. The van der Waals surface area contributed by atoms with Crippen molar-refractivity contribution in [3.63, 3.8) is 0 Å². The molecule has 1 aromatic carbocycles. The molecule has 144 valence electrons. The number of carbonyl (C=O) groups excluding carboxylic acids is 2. The molecule has 2 heterocycles. The molecule has 0 spiro atoms. The smallest absolute Gasteiger partial charge is 0.269 e. The second kappa shape index (κ2) is 8.11. The molecule has 1 fully saturated rings. The number of rotatable bonds is 6. The number of hydrogen-bond donors (Lipinski definition) is 2. The van der Waals surface area contributed by atoms with Gasteiger partial charge in [-0.1, -0.05) is 6.07 Å². The van der Waals surface area contributed by atoms with Gasteiger partial charge in [0.15, 0.2) is 11.5 Å². The molecule has 0 atom stereocenters. The maximum Gasteiger partial charge on any atom is 0.269 e. The van der Waals surface area contributed by atoms with Gasteiger partial charge in [-0.25, -0.2) is 0 Å². The van der Waals surface area contributed by atoms with Crippen molar-refractivity contribution in [3.8, 4) is 11.5 Å². The molecular weight excluding hydrogens is 348 g/mol. The SMILES string of the molecule is COc1ccc(CC(=O)N2CCC(c3cc(C(N)=O)n[nH]3)CC2)cc1OC. The van der Waals surface area contributed by atoms with Gasteiger partial charge in [0.1, 0.15) is 5.69 Å². The first-order valence-electron chi connectivity index (χ1n) is 8.85. The van der Waals surface area contributed by atoms with Crippen LogP contribution in [0, 0.1) is 0 Å². The van der Waals surface area contributed by atoms with Crippen LogP contribution in [0.3, 0.4) is 0 Å². The quantitative estimate of drug-likeness (QED) is 0.798. The molecule has 3 N–H and O–H groups in total. The molecule has 3 rings (SSSR count). The van der Waals surface area contributed by atoms with Crippen LogP contribution in [0.2, 0.25) is 0 Å². The summed E-state index contributed by atoms with van der Waals surface area (Å²) < 4.78 is 10.5. The normalized spacial score (nSPS) is 14.8. The van der Waals surface area contributed by atoms with Crippen LogP contribution < -0.4 is 15.2 Å². The van der Waals surface area contributed by atoms with Crippen molar-refractivity contribution in [3.05, 3.63) is 41.2 Å². The van der Waals surface area contributed by atoms with Crippen molar-refractivity contribution in [2.75, 3.05) is 27.3 Å². The number of piperidine rings is 1. The molecule has 8 heteroatoms. The van der Waals surface area contributed by atoms with Gasteiger partial charge in [-0.05, 0) is 36.6 Å². The van der Waals surface area contributed by atoms with Crippen molar-refractivity contribution in [1.82, 2.24) is 15.1 Å². The first-order valence-corrected chi connectivity index (χ1v) is 8.85. The van der Waals surface area contributed by atoms with Crippen LogP contribution in [0.5, 0.6) is 11.5 Å². The van der Waals surface area contributed by atoms with Gasteiger partial charge in [0, 0.05) is 24.7 Å². The fourth-order valence-electron chi connectivity index (χ4n) is 3.39. The van der Waals surface area contributed by atoms with E-state index in [4.69, 9.17) is 15.2 Å². The molecule has 1 aliphatic heterocycles. The Hall–Kier alpha value is -3.03. The van der Waals surface area contributed by atoms with Gasteiger partial charge in [0.25, 0.3) is 5.91 Å². The first-order chi connectivity index (χ1) is 13.0. The molecule has 1 saturated heterocycles. The Morgan fingerprint density at radius 2 is 1.89 bits per heavy atom. The predicted molar refractivity (Wildman–Crippen MR) is 98.9 cm³/mol. The van der Waals surface area contributed by atoms with E-state index in [-0.39, 0.29) is 17.5 Å². The number of nitrogens with zero attached hydrogens (tertiary/aromatic N) is 2. The zero-order chi connectivity index (χ0) is 19.4. The summed E-state index contributed by atoms with van der Waals surface area (Å²) in [6.07, 6.45) is 1.96. The molecular formula is C19H24N4O4. The monoisotopic (exact) mass is 372 g/mol. The van der Waals surface area contributed by atoms with E-state index in [0.29, 0.717) is 31.0 Å². The third-order valence-electron chi connectivity index (χ3n) is 4.94. The summed E-state index contributed by atoms with van der Waals surface area (Å²) in [6.45, 7) is 1.34. The second-order valence-electron chi connectivity index (χ2n) is 6.59.